The van der Waals surface area contributed by atoms with E-state index in [4.69, 9.17) is 0 Å². The molecule has 0 amide bonds. The molecule has 0 unspecified atom stereocenters. The average Bonchev–Trinajstić information content (AvgIpc) is 2.47. The second-order valence-electron chi connectivity index (χ2n) is 1.67. The van der Waals surface area contributed by atoms with Gasteiger partial charge in [0, 0.05) is 131 Å². The van der Waals surface area contributed by atoms with Crippen molar-refractivity contribution in [3.05, 3.63) is 39.3 Å². The zero-order valence-corrected chi connectivity index (χ0v) is 33.5. The van der Waals surface area contributed by atoms with E-state index in [2.05, 4.69) is 72.4 Å². The normalized spacial score (nSPS) is 5.50. The Morgan fingerprint density at radius 3 is 1.00 bits per heavy atom. The van der Waals surface area contributed by atoms with Crippen LogP contribution >= 0.6 is 0 Å². The Bertz CT molecular complexity index is 48.4. The summed E-state index contributed by atoms with van der Waals surface area (Å²) in [5.74, 6) is 0. The first kappa shape index (κ1) is 64.2. The van der Waals surface area contributed by atoms with Crippen LogP contribution in [0.5, 0.6) is 0 Å². The Morgan fingerprint density at radius 2 is 1.00 bits per heavy atom. The van der Waals surface area contributed by atoms with Crippen molar-refractivity contribution in [3.63, 3.8) is 0 Å². The van der Waals surface area contributed by atoms with Gasteiger partial charge in [-0.25, -0.2) is 0 Å². The van der Waals surface area contributed by atoms with Crippen LogP contribution in [0.4, 0.5) is 0 Å². The molecule has 20 heavy (non-hydrogen) atoms. The molecule has 0 atom stereocenters. The Hall–Kier alpha value is 4.76. The predicted octanol–water partition coefficient (Wildman–Crippen LogP) is 0.841. The van der Waals surface area contributed by atoms with Gasteiger partial charge in [-0.2, -0.15) is 13.0 Å². The van der Waals surface area contributed by atoms with Gasteiger partial charge < -0.3 is 26.1 Å². The molecule has 0 saturated carbocycles. The van der Waals surface area contributed by atoms with Crippen LogP contribution in [0.2, 0.25) is 32.2 Å². The fraction of sp³-hybridized carbons (Fsp3) is 0.500. The fourth-order valence-electron chi connectivity index (χ4n) is 0. The minimum absolute atomic E-state index is 0. The summed E-state index contributed by atoms with van der Waals surface area (Å²) >= 11 is 0. The molecule has 0 aliphatic carbocycles. The van der Waals surface area contributed by atoms with E-state index >= 15 is 0 Å². The summed E-state index contributed by atoms with van der Waals surface area (Å²) in [6, 6.07) is 3.47. The van der Waals surface area contributed by atoms with Gasteiger partial charge in [0.15, 0.2) is 0 Å². The Labute approximate surface area is 243 Å². The summed E-state index contributed by atoms with van der Waals surface area (Å²) in [6.07, 6.45) is 0. The van der Waals surface area contributed by atoms with Crippen LogP contribution in [0.15, 0.2) is 13.2 Å². The second-order valence-corrected chi connectivity index (χ2v) is 5.01. The van der Waals surface area contributed by atoms with E-state index in [1.807, 2.05) is 0 Å². The standard InChI is InChI=1S/2C3H9Si.2C2H3.2CH6Si.4Y/c2*1-3-4-2;4*1-2;;;;/h3H,4H2,1-2H3;1,3-4H2,2H3;2*1H,2H2;2*1-2H3;;;;/q4*-1;;;;;;. The average molecular weight is 648 g/mol. The zero-order valence-electron chi connectivity index (χ0n) is 15.3. The Morgan fingerprint density at radius 1 is 0.900 bits per heavy atom. The predicted molar refractivity (Wildman–Crippen MR) is 100 cm³/mol. The molecule has 0 aliphatic rings. The van der Waals surface area contributed by atoms with Gasteiger partial charge in [0.1, 0.15) is 0 Å². The molecule has 0 aliphatic heterocycles. The number of hydrogen-bond acceptors (Lipinski definition) is 0. The van der Waals surface area contributed by atoms with E-state index in [1.165, 1.54) is 26.5 Å². The molecule has 0 rings (SSSR count). The van der Waals surface area contributed by atoms with Crippen LogP contribution in [0, 0.1) is 26.1 Å². The van der Waals surface area contributed by atoms with E-state index in [0.29, 0.717) is 19.0 Å². The molecule has 0 aromatic heterocycles. The van der Waals surface area contributed by atoms with Crippen molar-refractivity contribution in [2.24, 2.45) is 0 Å². The first-order chi connectivity index (χ1) is 7.83. The van der Waals surface area contributed by atoms with E-state index in [0.717, 1.165) is 0 Å². The molecule has 4 radical (unpaired) electrons. The number of rotatable bonds is 2. The molecule has 0 N–H and O–H groups in total. The van der Waals surface area contributed by atoms with E-state index < -0.39 is 0 Å². The maximum atomic E-state index is 4.25. The van der Waals surface area contributed by atoms with Gasteiger partial charge in [-0.1, -0.05) is 19.6 Å². The smallest absolute Gasteiger partial charge is 0 e. The van der Waals surface area contributed by atoms with Crippen LogP contribution in [0.1, 0.15) is 6.92 Å². The molecule has 0 fully saturated rings. The molecule has 0 aromatic carbocycles. The SMILES string of the molecule is C[CH-][SiH2]C.C[SiH3].C[SiH3].[CH-]=C.[CH-]=C.[CH2-]C[SiH2]C.[Y].[Y].[Y].[Y]. The van der Waals surface area contributed by atoms with E-state index in [-0.39, 0.29) is 131 Å². The molecule has 0 aromatic rings. The number of hydrogen-bond donors (Lipinski definition) is 0. The van der Waals surface area contributed by atoms with Gasteiger partial charge >= 0.3 is 0 Å². The maximum Gasteiger partial charge on any atom is 0 e. The van der Waals surface area contributed by atoms with Gasteiger partial charge in [-0.3, -0.25) is 13.2 Å². The summed E-state index contributed by atoms with van der Waals surface area (Å²) < 4.78 is 0. The summed E-state index contributed by atoms with van der Waals surface area (Å²) in [4.78, 5) is 0. The molecule has 0 saturated heterocycles. The summed E-state index contributed by atoms with van der Waals surface area (Å²) in [5, 5.41) is 0. The molecule has 8 heteroatoms. The minimum atomic E-state index is 0. The topological polar surface area (TPSA) is 0 Å². The quantitative estimate of drug-likeness (QED) is 0.308. The largest absolute Gasteiger partial charge is 0.521 e. The molecular weight excluding hydrogens is 612 g/mol. The van der Waals surface area contributed by atoms with Crippen molar-refractivity contribution < 1.29 is 131 Å². The van der Waals surface area contributed by atoms with Crippen molar-refractivity contribution in [1.29, 1.82) is 0 Å². The van der Waals surface area contributed by atoms with Crippen LogP contribution in [0.25, 0.3) is 0 Å². The molecule has 0 heterocycles. The molecule has 0 nitrogen and oxygen atoms in total. The monoisotopic (exact) mass is 648 g/mol. The molecule has 116 valence electrons. The van der Waals surface area contributed by atoms with Crippen molar-refractivity contribution in [2.75, 3.05) is 0 Å². The maximum absolute atomic E-state index is 4.25. The van der Waals surface area contributed by atoms with E-state index in [1.54, 1.807) is 0 Å². The van der Waals surface area contributed by atoms with Gasteiger partial charge in [0.05, 0.1) is 0 Å². The molecule has 0 spiro atoms. The van der Waals surface area contributed by atoms with Crippen LogP contribution in [-0.4, -0.2) is 39.5 Å². The van der Waals surface area contributed by atoms with Crippen molar-refractivity contribution >= 4 is 39.5 Å². The third-order valence-corrected chi connectivity index (χ3v) is 2.29. The van der Waals surface area contributed by atoms with Gasteiger partial charge in [-0.15, -0.1) is 16.1 Å². The van der Waals surface area contributed by atoms with Crippen LogP contribution in [0.3, 0.4) is 0 Å². The molecule has 0 bridgehead atoms. The van der Waals surface area contributed by atoms with Crippen molar-refractivity contribution in [2.45, 2.75) is 39.2 Å². The Balaban J connectivity index is -0.00000000747. The van der Waals surface area contributed by atoms with E-state index in [9.17, 15) is 0 Å². The Kier molecular flexibility index (Phi) is 514. The summed E-state index contributed by atoms with van der Waals surface area (Å²) in [6.45, 7) is 28.6. The van der Waals surface area contributed by atoms with Gasteiger partial charge in [0.2, 0.25) is 0 Å². The zero-order chi connectivity index (χ0) is 14.8. The molecular formula is C12H36Si4Y4-4. The first-order valence-electron chi connectivity index (χ1n) is 6.22. The third-order valence-electron chi connectivity index (χ3n) is 0.762. The first-order valence-corrected chi connectivity index (χ1v) is 14.9. The fourth-order valence-corrected chi connectivity index (χ4v) is 0. The third kappa shape index (κ3) is 236. The van der Waals surface area contributed by atoms with Gasteiger partial charge in [0.25, 0.3) is 0 Å². The van der Waals surface area contributed by atoms with Crippen LogP contribution in [-0.2, 0) is 131 Å². The van der Waals surface area contributed by atoms with Gasteiger partial charge in [-0.05, 0) is 30.0 Å². The van der Waals surface area contributed by atoms with Crippen molar-refractivity contribution in [3.8, 4) is 0 Å². The van der Waals surface area contributed by atoms with Crippen LogP contribution < -0.4 is 0 Å². The second kappa shape index (κ2) is 160. The summed E-state index contributed by atoms with van der Waals surface area (Å²) in [5.41, 5.74) is 0. The van der Waals surface area contributed by atoms with Crippen molar-refractivity contribution in [1.82, 2.24) is 0 Å². The minimum Gasteiger partial charge on any atom is -0.521 e. The summed E-state index contributed by atoms with van der Waals surface area (Å²) in [7, 11) is 3.22.